The molecule has 4 atom stereocenters. The van der Waals surface area contributed by atoms with Crippen LogP contribution in [0.4, 0.5) is 11.4 Å². The van der Waals surface area contributed by atoms with E-state index in [-0.39, 0.29) is 6.42 Å². The number of aliphatic hydroxyl groups is 1. The van der Waals surface area contributed by atoms with Gasteiger partial charge < -0.3 is 15.7 Å². The molecule has 34 heavy (non-hydrogen) atoms. The van der Waals surface area contributed by atoms with E-state index in [1.807, 2.05) is 12.1 Å². The van der Waals surface area contributed by atoms with Gasteiger partial charge in [0.15, 0.2) is 0 Å². The zero-order chi connectivity index (χ0) is 24.3. The van der Waals surface area contributed by atoms with E-state index in [4.69, 9.17) is 11.6 Å². The van der Waals surface area contributed by atoms with Crippen molar-refractivity contribution >= 4 is 40.6 Å². The Morgan fingerprint density at radius 1 is 0.853 bits per heavy atom. The van der Waals surface area contributed by atoms with Crippen molar-refractivity contribution in [2.24, 2.45) is 11.8 Å². The number of para-hydroxylation sites is 2. The number of benzene rings is 3. The Kier molecular flexibility index (Phi) is 6.82. The van der Waals surface area contributed by atoms with Crippen molar-refractivity contribution in [3.05, 3.63) is 95.5 Å². The summed E-state index contributed by atoms with van der Waals surface area (Å²) < 4.78 is 0. The summed E-state index contributed by atoms with van der Waals surface area (Å²) in [7, 11) is 0. The largest absolute Gasteiger partial charge is 0.389 e. The first-order valence-corrected chi connectivity index (χ1v) is 11.4. The van der Waals surface area contributed by atoms with Crippen molar-refractivity contribution in [2.45, 2.75) is 24.9 Å². The van der Waals surface area contributed by atoms with E-state index >= 15 is 0 Å². The predicted molar refractivity (Wildman–Crippen MR) is 132 cm³/mol. The molecule has 2 amide bonds. The molecule has 0 bridgehead atoms. The highest BCUT2D eigenvalue weighted by molar-refractivity contribution is 6.30. The van der Waals surface area contributed by atoms with Crippen LogP contribution in [0.25, 0.3) is 0 Å². The van der Waals surface area contributed by atoms with Crippen LogP contribution in [0, 0.1) is 11.8 Å². The summed E-state index contributed by atoms with van der Waals surface area (Å²) in [6, 6.07) is 24.3. The van der Waals surface area contributed by atoms with Gasteiger partial charge in [-0.15, -0.1) is 0 Å². The van der Waals surface area contributed by atoms with Gasteiger partial charge in [0.1, 0.15) is 11.7 Å². The van der Waals surface area contributed by atoms with Gasteiger partial charge >= 0.3 is 0 Å². The van der Waals surface area contributed by atoms with Crippen molar-refractivity contribution < 1.29 is 19.5 Å². The lowest BCUT2D eigenvalue weighted by molar-refractivity contribution is -0.150. The Morgan fingerprint density at radius 2 is 1.35 bits per heavy atom. The molecule has 3 aromatic carbocycles. The summed E-state index contributed by atoms with van der Waals surface area (Å²) in [5.41, 5.74) is 0.00122. The molecular formula is C27H25ClN2O4. The fourth-order valence-corrected chi connectivity index (χ4v) is 4.79. The van der Waals surface area contributed by atoms with E-state index in [2.05, 4.69) is 10.6 Å². The van der Waals surface area contributed by atoms with Crippen molar-refractivity contribution in [3.8, 4) is 0 Å². The standard InChI is InChI=1S/C27H25ClN2O4/c1-27(34)16-21(31)23(25(32)29-19-8-4-2-5-9-19)22(17-12-14-18(28)15-13-17)24(27)26(33)30-20-10-6-3-7-11-20/h2-15,22-24,34H,16H2,1H3,(H,29,32)(H,30,33)/t22-,23-,24-,27-/m1/s1. The second-order valence-electron chi connectivity index (χ2n) is 8.74. The third-order valence-corrected chi connectivity index (χ3v) is 6.42. The summed E-state index contributed by atoms with van der Waals surface area (Å²) >= 11 is 6.07. The van der Waals surface area contributed by atoms with Gasteiger partial charge in [0.25, 0.3) is 0 Å². The van der Waals surface area contributed by atoms with Crippen LogP contribution >= 0.6 is 11.6 Å². The van der Waals surface area contributed by atoms with E-state index in [1.54, 1.807) is 72.8 Å². The number of nitrogens with one attached hydrogen (secondary N) is 2. The first-order chi connectivity index (χ1) is 16.3. The Morgan fingerprint density at radius 3 is 1.88 bits per heavy atom. The van der Waals surface area contributed by atoms with E-state index in [1.165, 1.54) is 6.92 Å². The predicted octanol–water partition coefficient (Wildman–Crippen LogP) is 4.66. The molecule has 7 heteroatoms. The molecule has 0 spiro atoms. The van der Waals surface area contributed by atoms with Crippen LogP contribution in [0.5, 0.6) is 0 Å². The SMILES string of the molecule is C[C@@]1(O)CC(=O)[C@@H](C(=O)Nc2ccccc2)[C@@H](c2ccc(Cl)cc2)[C@@H]1C(=O)Nc1ccccc1. The minimum absolute atomic E-state index is 0.323. The molecule has 0 aromatic heterocycles. The molecule has 1 aliphatic carbocycles. The average Bonchev–Trinajstić information content (AvgIpc) is 2.79. The number of anilines is 2. The lowest BCUT2D eigenvalue weighted by Gasteiger charge is -2.44. The number of carbonyl (C=O) groups is 3. The number of Topliss-reactive ketones (excluding diaryl/α,β-unsaturated/α-hetero) is 1. The van der Waals surface area contributed by atoms with Gasteiger partial charge in [-0.3, -0.25) is 14.4 Å². The molecule has 4 rings (SSSR count). The maximum absolute atomic E-state index is 13.5. The smallest absolute Gasteiger partial charge is 0.235 e. The number of halogens is 1. The third kappa shape index (κ3) is 5.03. The Bertz CT molecular complexity index is 1180. The molecule has 3 aromatic rings. The van der Waals surface area contributed by atoms with Gasteiger partial charge in [-0.25, -0.2) is 0 Å². The number of rotatable bonds is 5. The maximum atomic E-state index is 13.5. The van der Waals surface area contributed by atoms with Crippen LogP contribution in [0.2, 0.25) is 5.02 Å². The molecule has 0 saturated heterocycles. The summed E-state index contributed by atoms with van der Waals surface area (Å²) in [6.07, 6.45) is -0.323. The molecule has 3 N–H and O–H groups in total. The quantitative estimate of drug-likeness (QED) is 0.467. The first kappa shape index (κ1) is 23.7. The van der Waals surface area contributed by atoms with Gasteiger partial charge in [-0.1, -0.05) is 60.1 Å². The van der Waals surface area contributed by atoms with Crippen molar-refractivity contribution in [1.82, 2.24) is 0 Å². The highest BCUT2D eigenvalue weighted by Gasteiger charge is 2.55. The fourth-order valence-electron chi connectivity index (χ4n) is 4.66. The van der Waals surface area contributed by atoms with E-state index < -0.39 is 41.0 Å². The molecule has 0 radical (unpaired) electrons. The summed E-state index contributed by atoms with van der Waals surface area (Å²) in [4.78, 5) is 40.2. The number of carbonyl (C=O) groups excluding carboxylic acids is 3. The van der Waals surface area contributed by atoms with Crippen LogP contribution in [-0.4, -0.2) is 28.3 Å². The Hall–Kier alpha value is -3.48. The molecule has 1 fully saturated rings. The zero-order valence-corrected chi connectivity index (χ0v) is 19.3. The topological polar surface area (TPSA) is 95.5 Å². The van der Waals surface area contributed by atoms with Crippen molar-refractivity contribution in [2.75, 3.05) is 10.6 Å². The van der Waals surface area contributed by atoms with Crippen LogP contribution in [-0.2, 0) is 14.4 Å². The monoisotopic (exact) mass is 476 g/mol. The molecular weight excluding hydrogens is 452 g/mol. The van der Waals surface area contributed by atoms with Crippen molar-refractivity contribution in [1.29, 1.82) is 0 Å². The number of amides is 2. The minimum atomic E-state index is -1.66. The fraction of sp³-hybridized carbons (Fsp3) is 0.222. The minimum Gasteiger partial charge on any atom is -0.389 e. The molecule has 6 nitrogen and oxygen atoms in total. The van der Waals surface area contributed by atoms with Gasteiger partial charge in [-0.2, -0.15) is 0 Å². The number of hydrogen-bond donors (Lipinski definition) is 3. The van der Waals surface area contributed by atoms with Gasteiger partial charge in [0, 0.05) is 28.7 Å². The summed E-state index contributed by atoms with van der Waals surface area (Å²) in [6.45, 7) is 1.47. The average molecular weight is 477 g/mol. The molecule has 1 aliphatic rings. The van der Waals surface area contributed by atoms with Gasteiger partial charge in [0.2, 0.25) is 11.8 Å². The molecule has 0 aliphatic heterocycles. The van der Waals surface area contributed by atoms with Gasteiger partial charge in [0.05, 0.1) is 11.5 Å². The highest BCUT2D eigenvalue weighted by Crippen LogP contribution is 2.46. The maximum Gasteiger partial charge on any atom is 0.235 e. The lowest BCUT2D eigenvalue weighted by atomic mass is 9.61. The summed E-state index contributed by atoms with van der Waals surface area (Å²) in [5.74, 6) is -4.57. The Balaban J connectivity index is 1.76. The molecule has 0 unspecified atom stereocenters. The molecule has 174 valence electrons. The second kappa shape index (κ2) is 9.79. The third-order valence-electron chi connectivity index (χ3n) is 6.17. The van der Waals surface area contributed by atoms with Crippen LogP contribution < -0.4 is 10.6 Å². The van der Waals surface area contributed by atoms with E-state index in [0.29, 0.717) is 22.0 Å². The number of ketones is 1. The lowest BCUT2D eigenvalue weighted by Crippen LogP contribution is -2.56. The first-order valence-electron chi connectivity index (χ1n) is 11.0. The van der Waals surface area contributed by atoms with Crippen LogP contribution in [0.1, 0.15) is 24.8 Å². The van der Waals surface area contributed by atoms with Crippen LogP contribution in [0.3, 0.4) is 0 Å². The van der Waals surface area contributed by atoms with Crippen molar-refractivity contribution in [3.63, 3.8) is 0 Å². The second-order valence-corrected chi connectivity index (χ2v) is 9.18. The normalized spacial score (nSPS) is 24.3. The molecule has 0 heterocycles. The zero-order valence-electron chi connectivity index (χ0n) is 18.6. The Labute approximate surface area is 203 Å². The highest BCUT2D eigenvalue weighted by atomic mass is 35.5. The number of hydrogen-bond acceptors (Lipinski definition) is 4. The van der Waals surface area contributed by atoms with Gasteiger partial charge in [-0.05, 0) is 48.9 Å². The molecule has 1 saturated carbocycles. The van der Waals surface area contributed by atoms with Crippen LogP contribution in [0.15, 0.2) is 84.9 Å². The summed E-state index contributed by atoms with van der Waals surface area (Å²) in [5, 5.41) is 17.4. The van der Waals surface area contributed by atoms with E-state index in [0.717, 1.165) is 0 Å². The van der Waals surface area contributed by atoms with E-state index in [9.17, 15) is 19.5 Å².